The minimum atomic E-state index is -3.32. The average Bonchev–Trinajstić information content (AvgIpc) is 2.47. The van der Waals surface area contributed by atoms with Crippen molar-refractivity contribution >= 4 is 15.7 Å². The number of nitrogens with zero attached hydrogens (tertiary/aromatic N) is 3. The van der Waals surface area contributed by atoms with E-state index in [-0.39, 0.29) is 6.04 Å². The van der Waals surface area contributed by atoms with Gasteiger partial charge in [-0.3, -0.25) is 0 Å². The van der Waals surface area contributed by atoms with E-state index in [2.05, 4.69) is 21.8 Å². The van der Waals surface area contributed by atoms with E-state index in [4.69, 9.17) is 4.74 Å². The van der Waals surface area contributed by atoms with Crippen LogP contribution < -0.4 is 4.90 Å². The summed E-state index contributed by atoms with van der Waals surface area (Å²) in [4.78, 5) is 10.7. The minimum absolute atomic E-state index is 0.210. The molecule has 22 heavy (non-hydrogen) atoms. The van der Waals surface area contributed by atoms with Gasteiger partial charge in [0.15, 0.2) is 9.84 Å². The lowest BCUT2D eigenvalue weighted by molar-refractivity contribution is 0.0985. The number of sulfone groups is 1. The van der Waals surface area contributed by atoms with Gasteiger partial charge in [0.05, 0.1) is 30.2 Å². The van der Waals surface area contributed by atoms with E-state index in [1.165, 1.54) is 6.33 Å². The van der Waals surface area contributed by atoms with Crippen LogP contribution in [0.4, 0.5) is 5.82 Å². The van der Waals surface area contributed by atoms with Gasteiger partial charge in [-0.05, 0) is 34.6 Å². The molecule has 2 rings (SSSR count). The van der Waals surface area contributed by atoms with Gasteiger partial charge >= 0.3 is 0 Å². The summed E-state index contributed by atoms with van der Waals surface area (Å²) < 4.78 is 29.6. The largest absolute Gasteiger partial charge is 0.377 e. The molecule has 1 fully saturated rings. The smallest absolute Gasteiger partial charge is 0.163 e. The van der Waals surface area contributed by atoms with Crippen molar-refractivity contribution in [2.45, 2.75) is 50.7 Å². The van der Waals surface area contributed by atoms with Crippen LogP contribution >= 0.6 is 0 Å². The molecule has 1 aliphatic heterocycles. The van der Waals surface area contributed by atoms with E-state index in [0.29, 0.717) is 18.9 Å². The molecule has 2 heterocycles. The van der Waals surface area contributed by atoms with E-state index in [1.54, 1.807) is 33.8 Å². The maximum Gasteiger partial charge on any atom is 0.163 e. The number of hydrogen-bond donors (Lipinski definition) is 0. The Bertz CT molecular complexity index is 629. The first-order valence-corrected chi connectivity index (χ1v) is 9.13. The Kier molecular flexibility index (Phi) is 4.77. The highest BCUT2D eigenvalue weighted by Gasteiger charge is 2.40. The summed E-state index contributed by atoms with van der Waals surface area (Å²) in [6.45, 7) is 10.9. The zero-order valence-corrected chi connectivity index (χ0v) is 14.7. The molecule has 0 aliphatic carbocycles. The number of morpholine rings is 1. The van der Waals surface area contributed by atoms with Crippen LogP contribution in [0, 0.1) is 0 Å². The highest BCUT2D eigenvalue weighted by Crippen LogP contribution is 2.32. The predicted molar refractivity (Wildman–Crippen MR) is 86.7 cm³/mol. The summed E-state index contributed by atoms with van der Waals surface area (Å²) in [6, 6.07) is 2.00. The van der Waals surface area contributed by atoms with E-state index in [9.17, 15) is 8.42 Å². The van der Waals surface area contributed by atoms with Crippen molar-refractivity contribution in [2.24, 2.45) is 0 Å². The Hall–Kier alpha value is -1.21. The first kappa shape index (κ1) is 17.1. The van der Waals surface area contributed by atoms with Crippen LogP contribution in [0.15, 0.2) is 12.4 Å². The summed E-state index contributed by atoms with van der Waals surface area (Å²) in [5, 5.41) is -0.455. The number of ether oxygens (including phenoxy) is 1. The van der Waals surface area contributed by atoms with Gasteiger partial charge in [0.25, 0.3) is 0 Å². The quantitative estimate of drug-likeness (QED) is 0.839. The maximum absolute atomic E-state index is 12.6. The standard InChI is InChI=1S/C15H25N3O3S/c1-11(2)22(19,20)15(4,5)13-8-14(17-10-16-13)18-6-7-21-9-12(18)3/h8,10-12H,6-7,9H2,1-5H3/t12-/m0/s1. The predicted octanol–water partition coefficient (Wildman–Crippen LogP) is 1.76. The van der Waals surface area contributed by atoms with Crippen LogP contribution in [0.1, 0.15) is 40.3 Å². The molecule has 0 aromatic carbocycles. The molecule has 0 saturated carbocycles. The molecule has 7 heteroatoms. The highest BCUT2D eigenvalue weighted by atomic mass is 32.2. The fraction of sp³-hybridized carbons (Fsp3) is 0.733. The lowest BCUT2D eigenvalue weighted by Crippen LogP contribution is -2.44. The van der Waals surface area contributed by atoms with Crippen LogP contribution in [0.25, 0.3) is 0 Å². The lowest BCUT2D eigenvalue weighted by atomic mass is 10.1. The third-order valence-corrected chi connectivity index (χ3v) is 7.14. The van der Waals surface area contributed by atoms with E-state index < -0.39 is 19.8 Å². The molecular formula is C15H25N3O3S. The second-order valence-electron chi connectivity index (χ2n) is 6.48. The van der Waals surface area contributed by atoms with Crippen molar-refractivity contribution in [2.75, 3.05) is 24.7 Å². The second-order valence-corrected chi connectivity index (χ2v) is 9.54. The molecule has 124 valence electrons. The molecule has 0 N–H and O–H groups in total. The Balaban J connectivity index is 2.40. The highest BCUT2D eigenvalue weighted by molar-refractivity contribution is 7.92. The Labute approximate surface area is 132 Å². The molecule has 0 radical (unpaired) electrons. The lowest BCUT2D eigenvalue weighted by Gasteiger charge is -2.35. The number of anilines is 1. The van der Waals surface area contributed by atoms with Crippen molar-refractivity contribution in [3.8, 4) is 0 Å². The van der Waals surface area contributed by atoms with Crippen molar-refractivity contribution in [1.29, 1.82) is 0 Å². The normalized spacial score (nSPS) is 20.5. The van der Waals surface area contributed by atoms with E-state index in [0.717, 1.165) is 12.4 Å². The van der Waals surface area contributed by atoms with Gasteiger partial charge in [-0.25, -0.2) is 18.4 Å². The SMILES string of the molecule is CC(C)S(=O)(=O)C(C)(C)c1cc(N2CCOC[C@@H]2C)ncn1. The number of hydrogen-bond acceptors (Lipinski definition) is 6. The van der Waals surface area contributed by atoms with Crippen LogP contribution in [0.5, 0.6) is 0 Å². The summed E-state index contributed by atoms with van der Waals surface area (Å²) in [7, 11) is -3.32. The van der Waals surface area contributed by atoms with E-state index in [1.807, 2.05) is 0 Å². The van der Waals surface area contributed by atoms with Crippen LogP contribution in [0.3, 0.4) is 0 Å². The first-order chi connectivity index (χ1) is 10.2. The summed E-state index contributed by atoms with van der Waals surface area (Å²) in [5.41, 5.74) is 0.532. The van der Waals surface area contributed by atoms with E-state index >= 15 is 0 Å². The van der Waals surface area contributed by atoms with Gasteiger partial charge in [0, 0.05) is 12.6 Å². The first-order valence-electron chi connectivity index (χ1n) is 7.58. The minimum Gasteiger partial charge on any atom is -0.377 e. The molecule has 0 amide bonds. The third kappa shape index (κ3) is 2.96. The maximum atomic E-state index is 12.6. The van der Waals surface area contributed by atoms with Crippen LogP contribution in [0.2, 0.25) is 0 Å². The molecule has 6 nitrogen and oxygen atoms in total. The van der Waals surface area contributed by atoms with Gasteiger partial charge in [-0.1, -0.05) is 0 Å². The fourth-order valence-corrected chi connectivity index (χ4v) is 4.22. The van der Waals surface area contributed by atoms with Gasteiger partial charge in [0.1, 0.15) is 16.9 Å². The van der Waals surface area contributed by atoms with Crippen molar-refractivity contribution in [3.63, 3.8) is 0 Å². The monoisotopic (exact) mass is 327 g/mol. The molecule has 1 saturated heterocycles. The molecule has 0 unspecified atom stereocenters. The Morgan fingerprint density at radius 2 is 2.05 bits per heavy atom. The van der Waals surface area contributed by atoms with Crippen LogP contribution in [-0.4, -0.2) is 49.4 Å². The topological polar surface area (TPSA) is 72.4 Å². The van der Waals surface area contributed by atoms with Crippen molar-refractivity contribution in [3.05, 3.63) is 18.1 Å². The zero-order chi connectivity index (χ0) is 16.5. The summed E-state index contributed by atoms with van der Waals surface area (Å²) in [5.74, 6) is 0.757. The van der Waals surface area contributed by atoms with Gasteiger partial charge in [-0.2, -0.15) is 0 Å². The summed E-state index contributed by atoms with van der Waals surface area (Å²) >= 11 is 0. The van der Waals surface area contributed by atoms with Gasteiger partial charge in [-0.15, -0.1) is 0 Å². The molecule has 1 aromatic heterocycles. The second kappa shape index (κ2) is 6.12. The molecule has 0 spiro atoms. The zero-order valence-electron chi connectivity index (χ0n) is 13.9. The third-order valence-electron chi connectivity index (χ3n) is 4.26. The number of aromatic nitrogens is 2. The molecule has 1 atom stereocenters. The molecule has 1 aromatic rings. The summed E-state index contributed by atoms with van der Waals surface area (Å²) in [6.07, 6.45) is 1.45. The number of rotatable bonds is 4. The molecular weight excluding hydrogens is 302 g/mol. The molecule has 0 bridgehead atoms. The van der Waals surface area contributed by atoms with Crippen LogP contribution in [-0.2, 0) is 19.3 Å². The van der Waals surface area contributed by atoms with Crippen molar-refractivity contribution in [1.82, 2.24) is 9.97 Å². The van der Waals surface area contributed by atoms with Gasteiger partial charge in [0.2, 0.25) is 0 Å². The Morgan fingerprint density at radius 3 is 2.64 bits per heavy atom. The average molecular weight is 327 g/mol. The Morgan fingerprint density at radius 1 is 1.36 bits per heavy atom. The van der Waals surface area contributed by atoms with Gasteiger partial charge < -0.3 is 9.64 Å². The molecule has 1 aliphatic rings. The van der Waals surface area contributed by atoms with Crippen molar-refractivity contribution < 1.29 is 13.2 Å². The fourth-order valence-electron chi connectivity index (χ4n) is 2.64.